The standard InChI is InChI=1S/C8H13Br/c9-6-8(4-1-5-8)7-2-3-7/h7H,1-6H2. The summed E-state index contributed by atoms with van der Waals surface area (Å²) < 4.78 is 0. The van der Waals surface area contributed by atoms with E-state index in [0.29, 0.717) is 0 Å². The van der Waals surface area contributed by atoms with Gasteiger partial charge in [0.15, 0.2) is 0 Å². The molecule has 0 bridgehead atoms. The predicted octanol–water partition coefficient (Wildman–Crippen LogP) is 2.96. The topological polar surface area (TPSA) is 0 Å². The molecule has 0 atom stereocenters. The lowest BCUT2D eigenvalue weighted by Crippen LogP contribution is -2.33. The van der Waals surface area contributed by atoms with Crippen LogP contribution in [-0.2, 0) is 0 Å². The first-order chi connectivity index (χ1) is 4.37. The van der Waals surface area contributed by atoms with Gasteiger partial charge >= 0.3 is 0 Å². The second-order valence-corrected chi connectivity index (χ2v) is 4.18. The van der Waals surface area contributed by atoms with Crippen molar-refractivity contribution in [2.45, 2.75) is 32.1 Å². The average molecular weight is 189 g/mol. The second-order valence-electron chi connectivity index (χ2n) is 3.62. The number of rotatable bonds is 2. The van der Waals surface area contributed by atoms with Gasteiger partial charge < -0.3 is 0 Å². The van der Waals surface area contributed by atoms with Crippen LogP contribution in [0, 0.1) is 11.3 Å². The molecule has 0 amide bonds. The van der Waals surface area contributed by atoms with E-state index in [1.165, 1.54) is 37.4 Å². The van der Waals surface area contributed by atoms with Crippen molar-refractivity contribution in [1.82, 2.24) is 0 Å². The lowest BCUT2D eigenvalue weighted by Gasteiger charge is -2.41. The average Bonchev–Trinajstić information content (AvgIpc) is 2.47. The van der Waals surface area contributed by atoms with E-state index >= 15 is 0 Å². The molecule has 2 fully saturated rings. The summed E-state index contributed by atoms with van der Waals surface area (Å²) >= 11 is 3.62. The van der Waals surface area contributed by atoms with E-state index in [4.69, 9.17) is 0 Å². The number of alkyl halides is 1. The molecule has 0 aromatic carbocycles. The van der Waals surface area contributed by atoms with Gasteiger partial charge in [-0.1, -0.05) is 22.4 Å². The molecule has 2 rings (SSSR count). The molecule has 2 aliphatic rings. The van der Waals surface area contributed by atoms with E-state index in [9.17, 15) is 0 Å². The van der Waals surface area contributed by atoms with Crippen molar-refractivity contribution in [3.8, 4) is 0 Å². The Morgan fingerprint density at radius 2 is 2.00 bits per heavy atom. The summed E-state index contributed by atoms with van der Waals surface area (Å²) in [6, 6.07) is 0. The second kappa shape index (κ2) is 1.98. The summed E-state index contributed by atoms with van der Waals surface area (Å²) in [7, 11) is 0. The predicted molar refractivity (Wildman–Crippen MR) is 42.8 cm³/mol. The normalized spacial score (nSPS) is 31.7. The Morgan fingerprint density at radius 1 is 1.33 bits per heavy atom. The highest BCUT2D eigenvalue weighted by Crippen LogP contribution is 2.57. The SMILES string of the molecule is BrCC1(C2CC2)CCC1. The Labute approximate surface area is 65.1 Å². The van der Waals surface area contributed by atoms with Crippen LogP contribution < -0.4 is 0 Å². The largest absolute Gasteiger partial charge is 0.0922 e. The number of halogens is 1. The van der Waals surface area contributed by atoms with Gasteiger partial charge in [0.2, 0.25) is 0 Å². The van der Waals surface area contributed by atoms with Crippen molar-refractivity contribution in [2.24, 2.45) is 11.3 Å². The number of hydrogen-bond acceptors (Lipinski definition) is 0. The molecule has 0 aromatic rings. The van der Waals surface area contributed by atoms with Crippen LogP contribution in [0.1, 0.15) is 32.1 Å². The van der Waals surface area contributed by atoms with Crippen LogP contribution in [-0.4, -0.2) is 5.33 Å². The van der Waals surface area contributed by atoms with Gasteiger partial charge in [0.25, 0.3) is 0 Å². The molecule has 9 heavy (non-hydrogen) atoms. The van der Waals surface area contributed by atoms with Gasteiger partial charge in [-0.3, -0.25) is 0 Å². The van der Waals surface area contributed by atoms with Crippen LogP contribution >= 0.6 is 15.9 Å². The van der Waals surface area contributed by atoms with Crippen LogP contribution in [0.25, 0.3) is 0 Å². The fraction of sp³-hybridized carbons (Fsp3) is 1.00. The van der Waals surface area contributed by atoms with E-state index < -0.39 is 0 Å². The maximum Gasteiger partial charge on any atom is 0.00906 e. The van der Waals surface area contributed by atoms with Crippen molar-refractivity contribution in [3.63, 3.8) is 0 Å². The van der Waals surface area contributed by atoms with Gasteiger partial charge in [0, 0.05) is 5.33 Å². The maximum absolute atomic E-state index is 3.62. The first-order valence-electron chi connectivity index (χ1n) is 3.93. The van der Waals surface area contributed by atoms with Gasteiger partial charge in [0.05, 0.1) is 0 Å². The molecule has 2 saturated carbocycles. The molecule has 0 heterocycles. The zero-order valence-electron chi connectivity index (χ0n) is 5.70. The van der Waals surface area contributed by atoms with Crippen LogP contribution in [0.3, 0.4) is 0 Å². The van der Waals surface area contributed by atoms with Crippen molar-refractivity contribution in [3.05, 3.63) is 0 Å². The van der Waals surface area contributed by atoms with E-state index in [0.717, 1.165) is 11.3 Å². The molecule has 52 valence electrons. The van der Waals surface area contributed by atoms with Crippen LogP contribution in [0.2, 0.25) is 0 Å². The first-order valence-corrected chi connectivity index (χ1v) is 5.05. The Morgan fingerprint density at radius 3 is 2.11 bits per heavy atom. The minimum atomic E-state index is 0.792. The fourth-order valence-corrected chi connectivity index (χ4v) is 3.00. The molecule has 1 heteroatoms. The molecule has 0 saturated heterocycles. The fourth-order valence-electron chi connectivity index (χ4n) is 1.98. The molecule has 0 aromatic heterocycles. The van der Waals surface area contributed by atoms with Gasteiger partial charge in [-0.05, 0) is 37.0 Å². The van der Waals surface area contributed by atoms with Crippen LogP contribution in [0.4, 0.5) is 0 Å². The third-order valence-corrected chi connectivity index (χ3v) is 4.18. The van der Waals surface area contributed by atoms with Gasteiger partial charge in [-0.25, -0.2) is 0 Å². The zero-order valence-corrected chi connectivity index (χ0v) is 7.28. The summed E-state index contributed by atoms with van der Waals surface area (Å²) in [5.41, 5.74) is 0.792. The van der Waals surface area contributed by atoms with E-state index in [-0.39, 0.29) is 0 Å². The van der Waals surface area contributed by atoms with E-state index in [1.54, 1.807) is 0 Å². The van der Waals surface area contributed by atoms with Crippen molar-refractivity contribution in [1.29, 1.82) is 0 Å². The lowest BCUT2D eigenvalue weighted by molar-refractivity contribution is 0.136. The van der Waals surface area contributed by atoms with Crippen LogP contribution in [0.5, 0.6) is 0 Å². The van der Waals surface area contributed by atoms with E-state index in [2.05, 4.69) is 15.9 Å². The van der Waals surface area contributed by atoms with Crippen LogP contribution in [0.15, 0.2) is 0 Å². The molecular formula is C8H13Br. The molecule has 0 nitrogen and oxygen atoms in total. The highest BCUT2D eigenvalue weighted by molar-refractivity contribution is 9.09. The number of hydrogen-bond donors (Lipinski definition) is 0. The zero-order chi connectivity index (χ0) is 6.32. The van der Waals surface area contributed by atoms with Crippen molar-refractivity contribution < 1.29 is 0 Å². The van der Waals surface area contributed by atoms with Gasteiger partial charge in [-0.2, -0.15) is 0 Å². The third-order valence-electron chi connectivity index (χ3n) is 3.06. The maximum atomic E-state index is 3.62. The highest BCUT2D eigenvalue weighted by atomic mass is 79.9. The van der Waals surface area contributed by atoms with Gasteiger partial charge in [-0.15, -0.1) is 0 Å². The molecule has 0 spiro atoms. The summed E-state index contributed by atoms with van der Waals surface area (Å²) in [6.07, 6.45) is 7.53. The monoisotopic (exact) mass is 188 g/mol. The van der Waals surface area contributed by atoms with Crippen molar-refractivity contribution in [2.75, 3.05) is 5.33 Å². The lowest BCUT2D eigenvalue weighted by atomic mass is 9.67. The summed E-state index contributed by atoms with van der Waals surface area (Å²) in [5.74, 6) is 1.12. The Balaban J connectivity index is 1.99. The summed E-state index contributed by atoms with van der Waals surface area (Å²) in [6.45, 7) is 0. The first kappa shape index (κ1) is 6.21. The summed E-state index contributed by atoms with van der Waals surface area (Å²) in [4.78, 5) is 0. The molecule has 0 radical (unpaired) electrons. The third kappa shape index (κ3) is 0.849. The summed E-state index contributed by atoms with van der Waals surface area (Å²) in [5, 5.41) is 1.27. The Bertz CT molecular complexity index is 106. The minimum absolute atomic E-state index is 0.792. The van der Waals surface area contributed by atoms with Gasteiger partial charge in [0.1, 0.15) is 0 Å². The highest BCUT2D eigenvalue weighted by Gasteiger charge is 2.47. The Hall–Kier alpha value is 0.480. The van der Waals surface area contributed by atoms with E-state index in [1.807, 2.05) is 0 Å². The molecule has 0 N–H and O–H groups in total. The minimum Gasteiger partial charge on any atom is -0.0922 e. The Kier molecular flexibility index (Phi) is 1.37. The quantitative estimate of drug-likeness (QED) is 0.586. The molecule has 0 unspecified atom stereocenters. The molecular weight excluding hydrogens is 176 g/mol. The molecule has 2 aliphatic carbocycles. The van der Waals surface area contributed by atoms with Crippen molar-refractivity contribution >= 4 is 15.9 Å². The smallest absolute Gasteiger partial charge is 0.00906 e. The molecule has 0 aliphatic heterocycles.